The summed E-state index contributed by atoms with van der Waals surface area (Å²) in [6.07, 6.45) is 0. The summed E-state index contributed by atoms with van der Waals surface area (Å²) < 4.78 is 0. The molecule has 0 radical (unpaired) electrons. The van der Waals surface area contributed by atoms with Gasteiger partial charge >= 0.3 is 5.71 Å². The fourth-order valence-electron chi connectivity index (χ4n) is 0. The van der Waals surface area contributed by atoms with Crippen molar-refractivity contribution < 1.29 is 9.90 Å². The molecular weight excluding hydrogens is 99.0 g/mol. The van der Waals surface area contributed by atoms with Gasteiger partial charge in [-0.3, -0.25) is 0 Å². The largest absolute Gasteiger partial charge is 0.478 e. The number of carbonyl (C=O) groups is 1. The third kappa shape index (κ3) is 2.16. The highest BCUT2D eigenvalue weighted by Crippen LogP contribution is 2.23. The molecule has 0 aliphatic rings. The molecule has 0 aromatic heterocycles. The van der Waals surface area contributed by atoms with Crippen LogP contribution in [0, 0.1) is 0 Å². The highest BCUT2D eigenvalue weighted by Gasteiger charge is 1.98. The molecule has 0 bridgehead atoms. The number of hydrogen-bond acceptors (Lipinski definition) is 1. The predicted molar refractivity (Wildman–Crippen MR) is 26.8 cm³/mol. The Labute approximate surface area is 37.9 Å². The SMILES string of the molecule is CP(C)C(=O)O. The first-order chi connectivity index (χ1) is 2.64. The molecule has 0 aliphatic heterocycles. The molecule has 0 atom stereocenters. The second-order valence-electron chi connectivity index (χ2n) is 1.18. The van der Waals surface area contributed by atoms with Gasteiger partial charge in [0, 0.05) is 7.92 Å². The predicted octanol–water partition coefficient (Wildman–Crippen LogP) is 1.41. The van der Waals surface area contributed by atoms with Gasteiger partial charge in [-0.15, -0.1) is 0 Å². The molecule has 3 heteroatoms. The number of carboxylic acid groups (broad SMARTS) is 1. The van der Waals surface area contributed by atoms with E-state index in [1.165, 1.54) is 0 Å². The molecule has 0 unspecified atom stereocenters. The smallest absolute Gasteiger partial charge is 0.323 e. The van der Waals surface area contributed by atoms with Gasteiger partial charge in [0.2, 0.25) is 0 Å². The van der Waals surface area contributed by atoms with Crippen molar-refractivity contribution in [1.29, 1.82) is 0 Å². The van der Waals surface area contributed by atoms with E-state index in [9.17, 15) is 4.79 Å². The maximum atomic E-state index is 9.73. The van der Waals surface area contributed by atoms with Gasteiger partial charge in [-0.2, -0.15) is 0 Å². The Hall–Kier alpha value is -0.100. The Morgan fingerprint density at radius 1 is 1.67 bits per heavy atom. The lowest BCUT2D eigenvalue weighted by Crippen LogP contribution is -1.83. The van der Waals surface area contributed by atoms with E-state index in [2.05, 4.69) is 0 Å². The maximum Gasteiger partial charge on any atom is 0.323 e. The summed E-state index contributed by atoms with van der Waals surface area (Å²) in [6, 6.07) is 0. The maximum absolute atomic E-state index is 9.73. The summed E-state index contributed by atoms with van der Waals surface area (Å²) in [4.78, 5) is 9.73. The van der Waals surface area contributed by atoms with Crippen molar-refractivity contribution in [3.8, 4) is 0 Å². The van der Waals surface area contributed by atoms with Gasteiger partial charge in [0.1, 0.15) is 0 Å². The monoisotopic (exact) mass is 106 g/mol. The Balaban J connectivity index is 3.26. The van der Waals surface area contributed by atoms with Crippen molar-refractivity contribution in [2.45, 2.75) is 0 Å². The molecule has 0 aromatic rings. The van der Waals surface area contributed by atoms with Gasteiger partial charge in [-0.05, 0) is 13.3 Å². The number of hydrogen-bond donors (Lipinski definition) is 1. The van der Waals surface area contributed by atoms with Crippen LogP contribution in [0.3, 0.4) is 0 Å². The average Bonchev–Trinajstić information content (AvgIpc) is 1.36. The molecule has 0 saturated carbocycles. The van der Waals surface area contributed by atoms with Crippen LogP contribution in [0.25, 0.3) is 0 Å². The van der Waals surface area contributed by atoms with Crippen LogP contribution in [0.4, 0.5) is 4.79 Å². The first-order valence-corrected chi connectivity index (χ1v) is 3.78. The second-order valence-corrected chi connectivity index (χ2v) is 3.35. The minimum Gasteiger partial charge on any atom is -0.478 e. The summed E-state index contributed by atoms with van der Waals surface area (Å²) in [7, 11) is -0.743. The standard InChI is InChI=1S/C3H7O2P/c1-6(2)3(4)5/h1-2H3,(H,4,5). The molecule has 0 aromatic carbocycles. The van der Waals surface area contributed by atoms with Crippen LogP contribution in [0.2, 0.25) is 0 Å². The Bertz CT molecular complexity index is 59.8. The normalized spacial score (nSPS) is 9.17. The topological polar surface area (TPSA) is 37.3 Å². The van der Waals surface area contributed by atoms with Crippen LogP contribution in [0.5, 0.6) is 0 Å². The van der Waals surface area contributed by atoms with Crippen LogP contribution in [-0.2, 0) is 0 Å². The summed E-state index contributed by atoms with van der Waals surface area (Å²) in [5.41, 5.74) is -0.676. The number of rotatable bonds is 1. The first-order valence-electron chi connectivity index (χ1n) is 1.55. The fourth-order valence-corrected chi connectivity index (χ4v) is 0. The van der Waals surface area contributed by atoms with Gasteiger partial charge in [-0.1, -0.05) is 0 Å². The lowest BCUT2D eigenvalue weighted by atomic mass is 11.6. The Kier molecular flexibility index (Phi) is 2.11. The summed E-state index contributed by atoms with van der Waals surface area (Å²) in [5, 5.41) is 8.02. The molecule has 2 nitrogen and oxygen atoms in total. The van der Waals surface area contributed by atoms with E-state index in [4.69, 9.17) is 5.11 Å². The van der Waals surface area contributed by atoms with Crippen LogP contribution < -0.4 is 0 Å². The molecule has 36 valence electrons. The molecule has 0 heterocycles. The van der Waals surface area contributed by atoms with Crippen LogP contribution in [0.15, 0.2) is 0 Å². The summed E-state index contributed by atoms with van der Waals surface area (Å²) in [5.74, 6) is 0. The first kappa shape index (κ1) is 5.90. The van der Waals surface area contributed by atoms with Gasteiger partial charge in [0.15, 0.2) is 0 Å². The van der Waals surface area contributed by atoms with Gasteiger partial charge in [0.05, 0.1) is 0 Å². The molecule has 0 amide bonds. The third-order valence-corrected chi connectivity index (χ3v) is 1.15. The van der Waals surface area contributed by atoms with Crippen molar-refractivity contribution in [2.24, 2.45) is 0 Å². The van der Waals surface area contributed by atoms with E-state index in [-0.39, 0.29) is 0 Å². The van der Waals surface area contributed by atoms with Crippen LogP contribution >= 0.6 is 7.92 Å². The summed E-state index contributed by atoms with van der Waals surface area (Å²) in [6.45, 7) is 3.41. The Morgan fingerprint density at radius 3 is 1.83 bits per heavy atom. The molecule has 0 saturated heterocycles. The highest BCUT2D eigenvalue weighted by molar-refractivity contribution is 7.72. The summed E-state index contributed by atoms with van der Waals surface area (Å²) >= 11 is 0. The second kappa shape index (κ2) is 2.14. The van der Waals surface area contributed by atoms with Crippen LogP contribution in [-0.4, -0.2) is 24.1 Å². The minimum absolute atomic E-state index is 0.676. The molecule has 1 N–H and O–H groups in total. The Morgan fingerprint density at radius 2 is 1.83 bits per heavy atom. The van der Waals surface area contributed by atoms with Crippen molar-refractivity contribution >= 4 is 13.6 Å². The molecule has 0 aliphatic carbocycles. The van der Waals surface area contributed by atoms with E-state index in [0.717, 1.165) is 0 Å². The van der Waals surface area contributed by atoms with Crippen molar-refractivity contribution in [2.75, 3.05) is 13.3 Å². The minimum atomic E-state index is -0.743. The van der Waals surface area contributed by atoms with Gasteiger partial charge < -0.3 is 5.11 Å². The van der Waals surface area contributed by atoms with Crippen LogP contribution in [0.1, 0.15) is 0 Å². The molecule has 0 fully saturated rings. The van der Waals surface area contributed by atoms with E-state index in [1.54, 1.807) is 13.3 Å². The van der Waals surface area contributed by atoms with Crippen molar-refractivity contribution in [3.63, 3.8) is 0 Å². The van der Waals surface area contributed by atoms with E-state index < -0.39 is 13.6 Å². The van der Waals surface area contributed by atoms with Gasteiger partial charge in [0.25, 0.3) is 0 Å². The third-order valence-electron chi connectivity index (χ3n) is 0.383. The highest BCUT2D eigenvalue weighted by atomic mass is 31.1. The van der Waals surface area contributed by atoms with Crippen molar-refractivity contribution in [1.82, 2.24) is 0 Å². The van der Waals surface area contributed by atoms with E-state index in [0.29, 0.717) is 0 Å². The van der Waals surface area contributed by atoms with E-state index in [1.807, 2.05) is 0 Å². The molecule has 0 spiro atoms. The molecule has 0 rings (SSSR count). The fraction of sp³-hybridized carbons (Fsp3) is 0.667. The quantitative estimate of drug-likeness (QED) is 0.513. The zero-order valence-electron chi connectivity index (χ0n) is 3.80. The van der Waals surface area contributed by atoms with E-state index >= 15 is 0 Å². The average molecular weight is 106 g/mol. The zero-order valence-corrected chi connectivity index (χ0v) is 4.70. The van der Waals surface area contributed by atoms with Crippen molar-refractivity contribution in [3.05, 3.63) is 0 Å². The van der Waals surface area contributed by atoms with Gasteiger partial charge in [-0.25, -0.2) is 4.79 Å². The molecular formula is C3H7O2P. The lowest BCUT2D eigenvalue weighted by Gasteiger charge is -1.90. The lowest BCUT2D eigenvalue weighted by molar-refractivity contribution is 0.221. The molecule has 6 heavy (non-hydrogen) atoms. The zero-order chi connectivity index (χ0) is 5.15.